The fraction of sp³-hybridized carbons (Fsp3) is 0.824. The van der Waals surface area contributed by atoms with Crippen molar-refractivity contribution in [2.75, 3.05) is 26.3 Å². The van der Waals surface area contributed by atoms with E-state index in [2.05, 4.69) is 0 Å². The van der Waals surface area contributed by atoms with Gasteiger partial charge in [0.15, 0.2) is 5.25 Å². The Hall–Kier alpha value is -1.44. The highest BCUT2D eigenvalue weighted by atomic mass is 32.2. The zero-order valence-electron chi connectivity index (χ0n) is 15.7. The molecule has 0 atom stereocenters. The number of carbonyl (C=O) groups excluding carboxylic acids is 3. The molecule has 0 aliphatic carbocycles. The lowest BCUT2D eigenvalue weighted by molar-refractivity contribution is -0.152. The molecule has 7 nitrogen and oxygen atoms in total. The van der Waals surface area contributed by atoms with Gasteiger partial charge in [0.1, 0.15) is 5.60 Å². The van der Waals surface area contributed by atoms with Crippen molar-refractivity contribution in [3.8, 4) is 0 Å². The van der Waals surface area contributed by atoms with E-state index in [-0.39, 0.29) is 24.6 Å². The molecular weight excluding hydrogens is 346 g/mol. The van der Waals surface area contributed by atoms with E-state index >= 15 is 0 Å². The van der Waals surface area contributed by atoms with Crippen molar-refractivity contribution in [1.82, 2.24) is 4.90 Å². The summed E-state index contributed by atoms with van der Waals surface area (Å²) in [6.07, 6.45) is 1.03. The number of hydrogen-bond donors (Lipinski definition) is 0. The summed E-state index contributed by atoms with van der Waals surface area (Å²) >= 11 is 1.26. The molecule has 1 heterocycles. The molecular formula is C17H29NO6S. The summed E-state index contributed by atoms with van der Waals surface area (Å²) in [4.78, 5) is 37.8. The summed E-state index contributed by atoms with van der Waals surface area (Å²) in [6.45, 7) is 10.4. The molecule has 1 fully saturated rings. The molecule has 0 aromatic heterocycles. The number of thioether (sulfide) groups is 1. The summed E-state index contributed by atoms with van der Waals surface area (Å²) in [5, 5.41) is -0.893. The molecule has 0 bridgehead atoms. The maximum Gasteiger partial charge on any atom is 0.410 e. The van der Waals surface area contributed by atoms with Gasteiger partial charge in [0.2, 0.25) is 0 Å². The molecule has 1 aliphatic rings. The molecule has 0 aromatic rings. The Morgan fingerprint density at radius 2 is 1.52 bits per heavy atom. The second kappa shape index (κ2) is 9.89. The Balaban J connectivity index is 2.57. The Bertz CT molecular complexity index is 450. The van der Waals surface area contributed by atoms with Gasteiger partial charge in [-0.3, -0.25) is 9.59 Å². The third-order valence-corrected chi connectivity index (χ3v) is 4.94. The van der Waals surface area contributed by atoms with Gasteiger partial charge < -0.3 is 19.1 Å². The summed E-state index contributed by atoms with van der Waals surface area (Å²) in [5.41, 5.74) is -0.526. The minimum Gasteiger partial charge on any atom is -0.465 e. The standard InChI is InChI=1S/C17H29NO6S/c1-6-22-14(19)13(15(20)23-7-2)25-12-8-10-18(11-9-12)16(21)24-17(3,4)5/h12-13H,6-11H2,1-5H3. The van der Waals surface area contributed by atoms with E-state index in [4.69, 9.17) is 14.2 Å². The molecule has 0 unspecified atom stereocenters. The van der Waals surface area contributed by atoms with E-state index in [0.29, 0.717) is 25.9 Å². The van der Waals surface area contributed by atoms with Crippen LogP contribution in [-0.2, 0) is 23.8 Å². The molecule has 1 rings (SSSR count). The summed E-state index contributed by atoms with van der Waals surface area (Å²) < 4.78 is 15.3. The van der Waals surface area contributed by atoms with Crippen LogP contribution in [0.4, 0.5) is 4.79 Å². The molecule has 1 amide bonds. The first-order valence-corrected chi connectivity index (χ1v) is 9.58. The Kier molecular flexibility index (Phi) is 8.55. The van der Waals surface area contributed by atoms with Crippen LogP contribution in [0.5, 0.6) is 0 Å². The predicted molar refractivity (Wildman–Crippen MR) is 95.5 cm³/mol. The smallest absolute Gasteiger partial charge is 0.410 e. The summed E-state index contributed by atoms with van der Waals surface area (Å²) in [6, 6.07) is 0. The second-order valence-electron chi connectivity index (χ2n) is 6.69. The Labute approximate surface area is 153 Å². The third kappa shape index (κ3) is 7.54. The first-order chi connectivity index (χ1) is 11.7. The number of esters is 2. The number of ether oxygens (including phenoxy) is 3. The predicted octanol–water partition coefficient (Wildman–Crippen LogP) is 2.61. The lowest BCUT2D eigenvalue weighted by atomic mass is 10.1. The van der Waals surface area contributed by atoms with Crippen LogP contribution in [0.25, 0.3) is 0 Å². The van der Waals surface area contributed by atoms with Gasteiger partial charge in [0.25, 0.3) is 0 Å². The molecule has 0 saturated carbocycles. The van der Waals surface area contributed by atoms with Gasteiger partial charge in [-0.2, -0.15) is 0 Å². The molecule has 0 aromatic carbocycles. The molecule has 0 N–H and O–H groups in total. The van der Waals surface area contributed by atoms with Crippen molar-refractivity contribution in [1.29, 1.82) is 0 Å². The Morgan fingerprint density at radius 3 is 1.92 bits per heavy atom. The van der Waals surface area contributed by atoms with Gasteiger partial charge in [-0.15, -0.1) is 11.8 Å². The number of hydrogen-bond acceptors (Lipinski definition) is 7. The number of nitrogens with zero attached hydrogens (tertiary/aromatic N) is 1. The maximum absolute atomic E-state index is 12.1. The van der Waals surface area contributed by atoms with Crippen LogP contribution >= 0.6 is 11.8 Å². The monoisotopic (exact) mass is 375 g/mol. The van der Waals surface area contributed by atoms with Gasteiger partial charge >= 0.3 is 18.0 Å². The number of amides is 1. The second-order valence-corrected chi connectivity index (χ2v) is 8.10. The van der Waals surface area contributed by atoms with Crippen molar-refractivity contribution in [3.63, 3.8) is 0 Å². The molecule has 8 heteroatoms. The maximum atomic E-state index is 12.1. The van der Waals surface area contributed by atoms with Crippen LogP contribution in [0.15, 0.2) is 0 Å². The van der Waals surface area contributed by atoms with E-state index < -0.39 is 22.8 Å². The fourth-order valence-electron chi connectivity index (χ4n) is 2.34. The van der Waals surface area contributed by atoms with Gasteiger partial charge in [-0.05, 0) is 47.5 Å². The molecule has 0 spiro atoms. The first-order valence-electron chi connectivity index (χ1n) is 8.64. The van der Waals surface area contributed by atoms with Crippen LogP contribution in [0.2, 0.25) is 0 Å². The molecule has 1 aliphatic heterocycles. The highest BCUT2D eigenvalue weighted by molar-refractivity contribution is 8.01. The van der Waals surface area contributed by atoms with E-state index in [9.17, 15) is 14.4 Å². The van der Waals surface area contributed by atoms with E-state index in [1.54, 1.807) is 18.7 Å². The topological polar surface area (TPSA) is 82.1 Å². The van der Waals surface area contributed by atoms with E-state index in [1.165, 1.54) is 11.8 Å². The minimum absolute atomic E-state index is 0.0810. The quantitative estimate of drug-likeness (QED) is 0.401. The average molecular weight is 375 g/mol. The van der Waals surface area contributed by atoms with Gasteiger partial charge in [-0.1, -0.05) is 0 Å². The van der Waals surface area contributed by atoms with Gasteiger partial charge in [0.05, 0.1) is 13.2 Å². The first kappa shape index (κ1) is 21.6. The highest BCUT2D eigenvalue weighted by Crippen LogP contribution is 2.29. The normalized spacial score (nSPS) is 15.8. The zero-order valence-corrected chi connectivity index (χ0v) is 16.5. The largest absolute Gasteiger partial charge is 0.465 e. The number of likely N-dealkylation sites (tertiary alicyclic amines) is 1. The van der Waals surface area contributed by atoms with Crippen LogP contribution in [0, 0.1) is 0 Å². The van der Waals surface area contributed by atoms with Crippen LogP contribution in [0.1, 0.15) is 47.5 Å². The summed E-state index contributed by atoms with van der Waals surface area (Å²) in [7, 11) is 0. The van der Waals surface area contributed by atoms with Crippen LogP contribution in [-0.4, -0.2) is 65.3 Å². The third-order valence-electron chi connectivity index (χ3n) is 3.42. The van der Waals surface area contributed by atoms with E-state index in [0.717, 1.165) is 0 Å². The zero-order chi connectivity index (χ0) is 19.0. The fourth-order valence-corrected chi connectivity index (χ4v) is 3.56. The molecule has 144 valence electrons. The van der Waals surface area contributed by atoms with Crippen molar-refractivity contribution in [3.05, 3.63) is 0 Å². The number of carbonyl (C=O) groups is 3. The number of piperidine rings is 1. The number of rotatable bonds is 6. The van der Waals surface area contributed by atoms with Crippen LogP contribution < -0.4 is 0 Å². The van der Waals surface area contributed by atoms with E-state index in [1.807, 2.05) is 20.8 Å². The van der Waals surface area contributed by atoms with Gasteiger partial charge in [0, 0.05) is 18.3 Å². The van der Waals surface area contributed by atoms with Crippen LogP contribution in [0.3, 0.4) is 0 Å². The molecule has 0 radical (unpaired) electrons. The van der Waals surface area contributed by atoms with Crippen molar-refractivity contribution in [2.24, 2.45) is 0 Å². The SMILES string of the molecule is CCOC(=O)C(SC1CCN(C(=O)OC(C)(C)C)CC1)C(=O)OCC. The lowest BCUT2D eigenvalue weighted by Crippen LogP contribution is -2.43. The summed E-state index contributed by atoms with van der Waals surface area (Å²) in [5.74, 6) is -1.14. The average Bonchev–Trinajstić information content (AvgIpc) is 2.51. The molecule has 1 saturated heterocycles. The van der Waals surface area contributed by atoms with Crippen molar-refractivity contribution < 1.29 is 28.6 Å². The van der Waals surface area contributed by atoms with Crippen molar-refractivity contribution >= 4 is 29.8 Å². The minimum atomic E-state index is -0.974. The highest BCUT2D eigenvalue weighted by Gasteiger charge is 2.35. The Morgan fingerprint density at radius 1 is 1.04 bits per heavy atom. The lowest BCUT2D eigenvalue weighted by Gasteiger charge is -2.33. The van der Waals surface area contributed by atoms with Crippen molar-refractivity contribution in [2.45, 2.75) is 63.6 Å². The molecule has 25 heavy (non-hydrogen) atoms. The van der Waals surface area contributed by atoms with Gasteiger partial charge in [-0.25, -0.2) is 4.79 Å².